The lowest BCUT2D eigenvalue weighted by Crippen LogP contribution is -2.52. The summed E-state index contributed by atoms with van der Waals surface area (Å²) in [5, 5.41) is 6.45. The molecule has 4 rings (SSSR count). The van der Waals surface area contributed by atoms with Gasteiger partial charge in [-0.25, -0.2) is 4.79 Å². The first kappa shape index (κ1) is 24.7. The Morgan fingerprint density at radius 1 is 1.35 bits per heavy atom. The summed E-state index contributed by atoms with van der Waals surface area (Å²) < 4.78 is 50.1. The molecule has 1 aromatic rings. The zero-order valence-electron chi connectivity index (χ0n) is 19.1. The molecule has 4 N–H and O–H groups in total. The Kier molecular flexibility index (Phi) is 7.07. The minimum Gasteiger partial charge on any atom is -0.379 e. The monoisotopic (exact) mass is 484 g/mol. The maximum atomic E-state index is 13.4. The molecule has 2 saturated heterocycles. The minimum absolute atomic E-state index is 0.0302. The van der Waals surface area contributed by atoms with E-state index >= 15 is 0 Å². The van der Waals surface area contributed by atoms with Gasteiger partial charge in [0.15, 0.2) is 0 Å². The van der Waals surface area contributed by atoms with E-state index in [2.05, 4.69) is 10.6 Å². The third kappa shape index (κ3) is 5.01. The van der Waals surface area contributed by atoms with Crippen molar-refractivity contribution in [2.45, 2.75) is 50.2 Å². The van der Waals surface area contributed by atoms with E-state index in [1.165, 1.54) is 11.0 Å². The van der Waals surface area contributed by atoms with E-state index in [9.17, 15) is 22.8 Å². The number of likely N-dealkylation sites (tertiary alicyclic amines) is 1. The maximum absolute atomic E-state index is 13.4. The highest BCUT2D eigenvalue weighted by molar-refractivity contribution is 5.86. The molecule has 0 spiro atoms. The molecule has 1 saturated carbocycles. The van der Waals surface area contributed by atoms with Crippen LogP contribution < -0.4 is 16.4 Å². The fourth-order valence-corrected chi connectivity index (χ4v) is 5.67. The van der Waals surface area contributed by atoms with Crippen molar-refractivity contribution < 1.29 is 32.2 Å². The summed E-state index contributed by atoms with van der Waals surface area (Å²) in [5.41, 5.74) is 4.26. The number of hydrogen-bond donors (Lipinski definition) is 3. The Hall–Kier alpha value is -2.37. The quantitative estimate of drug-likeness (QED) is 0.572. The van der Waals surface area contributed by atoms with Crippen LogP contribution in [0.1, 0.15) is 30.4 Å². The second-order valence-electron chi connectivity index (χ2n) is 9.50. The van der Waals surface area contributed by atoms with Crippen LogP contribution in [-0.2, 0) is 27.0 Å². The number of nitrogens with zero attached hydrogens (tertiary/aromatic N) is 1. The summed E-state index contributed by atoms with van der Waals surface area (Å²) in [6.07, 6.45) is -2.55. The second-order valence-corrected chi connectivity index (χ2v) is 9.50. The smallest absolute Gasteiger partial charge is 0.379 e. The summed E-state index contributed by atoms with van der Waals surface area (Å²) >= 11 is 0. The average Bonchev–Trinajstić information content (AvgIpc) is 3.33. The molecule has 2 unspecified atom stereocenters. The summed E-state index contributed by atoms with van der Waals surface area (Å²) in [6, 6.07) is 4.47. The molecule has 0 radical (unpaired) electrons. The summed E-state index contributed by atoms with van der Waals surface area (Å²) in [7, 11) is 1.64. The number of alkyl halides is 3. The number of fused-ring (bicyclic) bond motifs is 1. The van der Waals surface area contributed by atoms with E-state index in [0.29, 0.717) is 38.2 Å². The standard InChI is InChI=1S/C23H31F3N4O4/c1-33-19-12-34-6-5-18(19)29-17-8-16-11-30(21(27)32)13-22(16,9-17)20(31)28-10-14-3-2-4-15(7-14)23(24,25)26/h2-4,7,16-19,29H,5-6,8-13H2,1H3,(H2,27,32)(H,28,31)/t16-,17+,18?,19?,22-/m0/s1. The van der Waals surface area contributed by atoms with Crippen molar-refractivity contribution >= 4 is 11.9 Å². The van der Waals surface area contributed by atoms with Gasteiger partial charge in [-0.1, -0.05) is 12.1 Å². The van der Waals surface area contributed by atoms with Crippen molar-refractivity contribution in [2.24, 2.45) is 17.1 Å². The van der Waals surface area contributed by atoms with Gasteiger partial charge in [-0.15, -0.1) is 0 Å². The molecule has 0 aromatic heterocycles. The van der Waals surface area contributed by atoms with E-state index < -0.39 is 23.2 Å². The molecule has 3 fully saturated rings. The number of nitrogens with one attached hydrogen (secondary N) is 2. The van der Waals surface area contributed by atoms with E-state index in [0.717, 1.165) is 18.6 Å². The Balaban J connectivity index is 1.46. The largest absolute Gasteiger partial charge is 0.416 e. The Morgan fingerprint density at radius 2 is 2.15 bits per heavy atom. The maximum Gasteiger partial charge on any atom is 0.416 e. The molecule has 3 aliphatic rings. The zero-order valence-corrected chi connectivity index (χ0v) is 19.1. The number of ether oxygens (including phenoxy) is 2. The second kappa shape index (κ2) is 9.71. The van der Waals surface area contributed by atoms with E-state index in [1.54, 1.807) is 13.2 Å². The third-order valence-electron chi connectivity index (χ3n) is 7.40. The number of amides is 3. The lowest BCUT2D eigenvalue weighted by atomic mass is 9.79. The zero-order chi connectivity index (χ0) is 24.5. The average molecular weight is 485 g/mol. The van der Waals surface area contributed by atoms with Gasteiger partial charge in [0.25, 0.3) is 0 Å². The van der Waals surface area contributed by atoms with Crippen molar-refractivity contribution in [1.82, 2.24) is 15.5 Å². The van der Waals surface area contributed by atoms with Gasteiger partial charge in [0.2, 0.25) is 5.91 Å². The number of hydrogen-bond acceptors (Lipinski definition) is 5. The minimum atomic E-state index is -4.45. The van der Waals surface area contributed by atoms with Crippen molar-refractivity contribution in [3.05, 3.63) is 35.4 Å². The van der Waals surface area contributed by atoms with Gasteiger partial charge in [0.1, 0.15) is 0 Å². The van der Waals surface area contributed by atoms with Gasteiger partial charge in [0, 0.05) is 45.4 Å². The molecule has 8 nitrogen and oxygen atoms in total. The Labute approximate surface area is 196 Å². The highest BCUT2D eigenvalue weighted by atomic mass is 19.4. The van der Waals surface area contributed by atoms with Crippen LogP contribution in [0.3, 0.4) is 0 Å². The van der Waals surface area contributed by atoms with Crippen molar-refractivity contribution in [2.75, 3.05) is 33.4 Å². The molecule has 11 heteroatoms. The molecule has 1 aromatic carbocycles. The normalized spacial score (nSPS) is 31.4. The van der Waals surface area contributed by atoms with Gasteiger partial charge in [0.05, 0.1) is 23.7 Å². The number of carbonyl (C=O) groups is 2. The van der Waals surface area contributed by atoms with E-state index in [-0.39, 0.29) is 43.1 Å². The first-order valence-corrected chi connectivity index (χ1v) is 11.5. The van der Waals surface area contributed by atoms with Crippen LogP contribution in [0, 0.1) is 11.3 Å². The number of rotatable bonds is 6. The van der Waals surface area contributed by atoms with E-state index in [4.69, 9.17) is 15.2 Å². The van der Waals surface area contributed by atoms with Gasteiger partial charge in [-0.2, -0.15) is 13.2 Å². The molecule has 5 atom stereocenters. The molecule has 188 valence electrons. The Bertz CT molecular complexity index is 914. The fraction of sp³-hybridized carbons (Fsp3) is 0.652. The molecular weight excluding hydrogens is 453 g/mol. The Morgan fingerprint density at radius 3 is 2.85 bits per heavy atom. The summed E-state index contributed by atoms with van der Waals surface area (Å²) in [6.45, 7) is 1.68. The van der Waals surface area contributed by atoms with Crippen LogP contribution in [0.5, 0.6) is 0 Å². The topological polar surface area (TPSA) is 106 Å². The predicted molar refractivity (Wildman–Crippen MR) is 117 cm³/mol. The first-order chi connectivity index (χ1) is 16.1. The molecule has 0 bridgehead atoms. The number of urea groups is 1. The number of halogens is 3. The predicted octanol–water partition coefficient (Wildman–Crippen LogP) is 1.87. The van der Waals surface area contributed by atoms with Gasteiger partial charge in [-0.3, -0.25) is 4.79 Å². The summed E-state index contributed by atoms with van der Waals surface area (Å²) in [4.78, 5) is 26.8. The number of benzene rings is 1. The number of primary amides is 1. The number of nitrogens with two attached hydrogens (primary N) is 1. The highest BCUT2D eigenvalue weighted by Crippen LogP contribution is 2.49. The first-order valence-electron chi connectivity index (χ1n) is 11.5. The van der Waals surface area contributed by atoms with Crippen molar-refractivity contribution in [3.63, 3.8) is 0 Å². The molecule has 34 heavy (non-hydrogen) atoms. The van der Waals surface area contributed by atoms with Crippen LogP contribution in [0.2, 0.25) is 0 Å². The number of carbonyl (C=O) groups excluding carboxylic acids is 2. The highest BCUT2D eigenvalue weighted by Gasteiger charge is 2.58. The van der Waals surface area contributed by atoms with Crippen LogP contribution in [0.4, 0.5) is 18.0 Å². The lowest BCUT2D eigenvalue weighted by Gasteiger charge is -2.34. The van der Waals surface area contributed by atoms with Crippen LogP contribution in [0.15, 0.2) is 24.3 Å². The molecule has 2 heterocycles. The molecule has 3 amide bonds. The van der Waals surface area contributed by atoms with Gasteiger partial charge < -0.3 is 30.7 Å². The third-order valence-corrected chi connectivity index (χ3v) is 7.40. The van der Waals surface area contributed by atoms with Crippen molar-refractivity contribution in [3.8, 4) is 0 Å². The van der Waals surface area contributed by atoms with Gasteiger partial charge >= 0.3 is 12.2 Å². The number of methoxy groups -OCH3 is 1. The SMILES string of the molecule is COC1COCCC1N[C@@H]1C[C@H]2CN(C(N)=O)C[C@@]2(C(=O)NCc2cccc(C(F)(F)F)c2)C1. The fourth-order valence-electron chi connectivity index (χ4n) is 5.67. The van der Waals surface area contributed by atoms with Crippen LogP contribution >= 0.6 is 0 Å². The van der Waals surface area contributed by atoms with Gasteiger partial charge in [-0.05, 0) is 42.9 Å². The summed E-state index contributed by atoms with van der Waals surface area (Å²) in [5.74, 6) is -0.363. The molecule has 1 aliphatic carbocycles. The van der Waals surface area contributed by atoms with Crippen molar-refractivity contribution in [1.29, 1.82) is 0 Å². The van der Waals surface area contributed by atoms with E-state index in [1.807, 2.05) is 0 Å². The van der Waals surface area contributed by atoms with Crippen LogP contribution in [-0.4, -0.2) is 68.4 Å². The lowest BCUT2D eigenvalue weighted by molar-refractivity contribution is -0.137. The van der Waals surface area contributed by atoms with Crippen LogP contribution in [0.25, 0.3) is 0 Å². The molecule has 2 aliphatic heterocycles. The molecular formula is C23H31F3N4O4.